The van der Waals surface area contributed by atoms with E-state index in [1.807, 2.05) is 20.8 Å². The van der Waals surface area contributed by atoms with Crippen LogP contribution in [0, 0.1) is 16.7 Å². The van der Waals surface area contributed by atoms with Gasteiger partial charge in [-0.1, -0.05) is 20.8 Å². The lowest BCUT2D eigenvalue weighted by molar-refractivity contribution is -0.143. The highest BCUT2D eigenvalue weighted by Gasteiger charge is 2.40. The summed E-state index contributed by atoms with van der Waals surface area (Å²) < 4.78 is 0. The van der Waals surface area contributed by atoms with E-state index in [9.17, 15) is 14.7 Å². The Hall–Kier alpha value is -1.10. The number of rotatable bonds is 6. The molecule has 0 aliphatic rings. The van der Waals surface area contributed by atoms with Gasteiger partial charge in [-0.25, -0.2) is 0 Å². The maximum Gasteiger partial charge on any atom is 0.308 e. The van der Waals surface area contributed by atoms with E-state index in [1.54, 1.807) is 27.7 Å². The first-order valence-corrected chi connectivity index (χ1v) is 6.98. The lowest BCUT2D eigenvalue weighted by Crippen LogP contribution is -2.56. The van der Waals surface area contributed by atoms with Gasteiger partial charge in [0.15, 0.2) is 0 Å². The van der Waals surface area contributed by atoms with Crippen LogP contribution in [-0.2, 0) is 9.59 Å². The van der Waals surface area contributed by atoms with Crippen molar-refractivity contribution in [3.8, 4) is 0 Å². The Labute approximate surface area is 122 Å². The Balaban J connectivity index is 4.73. The van der Waals surface area contributed by atoms with Crippen molar-refractivity contribution in [3.63, 3.8) is 0 Å². The van der Waals surface area contributed by atoms with Crippen molar-refractivity contribution < 1.29 is 14.7 Å². The van der Waals surface area contributed by atoms with E-state index in [0.717, 1.165) is 0 Å². The molecule has 0 rings (SSSR count). The highest BCUT2D eigenvalue weighted by atomic mass is 16.4. The molecule has 0 heterocycles. The van der Waals surface area contributed by atoms with Gasteiger partial charge in [0.05, 0.1) is 11.3 Å². The van der Waals surface area contributed by atoms with Crippen molar-refractivity contribution in [2.45, 2.75) is 60.4 Å². The molecule has 0 spiro atoms. The summed E-state index contributed by atoms with van der Waals surface area (Å²) >= 11 is 0. The SMILES string of the molecule is CC(C)(C)CC(CNC(=O)C(C)(C)C(C)(C)N)C(=O)O. The van der Waals surface area contributed by atoms with Crippen LogP contribution in [0.25, 0.3) is 0 Å². The molecular formula is C15H30N2O3. The van der Waals surface area contributed by atoms with E-state index in [2.05, 4.69) is 5.32 Å². The van der Waals surface area contributed by atoms with Crippen LogP contribution in [0.4, 0.5) is 0 Å². The first-order chi connectivity index (χ1) is 8.68. The maximum absolute atomic E-state index is 12.2. The van der Waals surface area contributed by atoms with E-state index in [0.29, 0.717) is 6.42 Å². The highest BCUT2D eigenvalue weighted by Crippen LogP contribution is 2.29. The number of aliphatic carboxylic acids is 1. The minimum atomic E-state index is -0.884. The van der Waals surface area contributed by atoms with E-state index >= 15 is 0 Å². The summed E-state index contributed by atoms with van der Waals surface area (Å²) in [5.74, 6) is -1.69. The van der Waals surface area contributed by atoms with Gasteiger partial charge in [0.2, 0.25) is 5.91 Å². The number of hydrogen-bond donors (Lipinski definition) is 3. The third-order valence-electron chi connectivity index (χ3n) is 3.90. The molecular weight excluding hydrogens is 256 g/mol. The van der Waals surface area contributed by atoms with Gasteiger partial charge in [0.1, 0.15) is 0 Å². The molecule has 5 nitrogen and oxygen atoms in total. The molecule has 0 saturated heterocycles. The van der Waals surface area contributed by atoms with Crippen molar-refractivity contribution in [2.75, 3.05) is 6.54 Å². The van der Waals surface area contributed by atoms with Gasteiger partial charge in [-0.2, -0.15) is 0 Å². The van der Waals surface area contributed by atoms with Gasteiger partial charge in [-0.15, -0.1) is 0 Å². The van der Waals surface area contributed by atoms with Crippen LogP contribution >= 0.6 is 0 Å². The van der Waals surface area contributed by atoms with Gasteiger partial charge < -0.3 is 16.2 Å². The summed E-state index contributed by atoms with van der Waals surface area (Å²) in [6, 6.07) is 0. The minimum absolute atomic E-state index is 0.101. The molecule has 0 fully saturated rings. The zero-order valence-electron chi connectivity index (χ0n) is 13.8. The molecule has 0 bridgehead atoms. The second-order valence-electron chi connectivity index (χ2n) is 7.86. The molecule has 0 aromatic rings. The number of amides is 1. The van der Waals surface area contributed by atoms with Crippen molar-refractivity contribution >= 4 is 11.9 Å². The predicted molar refractivity (Wildman–Crippen MR) is 80.3 cm³/mol. The van der Waals surface area contributed by atoms with Crippen LogP contribution in [0.5, 0.6) is 0 Å². The Morgan fingerprint density at radius 3 is 1.85 bits per heavy atom. The van der Waals surface area contributed by atoms with Gasteiger partial charge in [-0.05, 0) is 39.5 Å². The van der Waals surface area contributed by atoms with E-state index in [1.165, 1.54) is 0 Å². The van der Waals surface area contributed by atoms with Crippen molar-refractivity contribution in [1.29, 1.82) is 0 Å². The average Bonchev–Trinajstić information content (AvgIpc) is 2.19. The number of carboxylic acid groups (broad SMARTS) is 1. The van der Waals surface area contributed by atoms with E-state index in [-0.39, 0.29) is 17.9 Å². The fourth-order valence-corrected chi connectivity index (χ4v) is 1.72. The maximum atomic E-state index is 12.2. The molecule has 0 aromatic carbocycles. The number of carboxylic acids is 1. The van der Waals surface area contributed by atoms with Gasteiger partial charge >= 0.3 is 5.97 Å². The van der Waals surface area contributed by atoms with Crippen LogP contribution < -0.4 is 11.1 Å². The summed E-state index contributed by atoms with van der Waals surface area (Å²) in [5.41, 5.74) is 4.46. The monoisotopic (exact) mass is 286 g/mol. The lowest BCUT2D eigenvalue weighted by atomic mass is 9.74. The molecule has 20 heavy (non-hydrogen) atoms. The molecule has 1 amide bonds. The van der Waals surface area contributed by atoms with Gasteiger partial charge in [0, 0.05) is 12.1 Å². The summed E-state index contributed by atoms with van der Waals surface area (Å²) in [4.78, 5) is 23.5. The summed E-state index contributed by atoms with van der Waals surface area (Å²) in [6.07, 6.45) is 0.509. The molecule has 0 saturated carbocycles. The van der Waals surface area contributed by atoms with Crippen LogP contribution in [0.15, 0.2) is 0 Å². The summed E-state index contributed by atoms with van der Waals surface area (Å²) in [6.45, 7) is 13.2. The lowest BCUT2D eigenvalue weighted by Gasteiger charge is -2.37. The third kappa shape index (κ3) is 5.49. The van der Waals surface area contributed by atoms with Gasteiger partial charge in [0.25, 0.3) is 0 Å². The molecule has 1 unspecified atom stereocenters. The van der Waals surface area contributed by atoms with Crippen molar-refractivity contribution in [2.24, 2.45) is 22.5 Å². The van der Waals surface area contributed by atoms with Gasteiger partial charge in [-0.3, -0.25) is 9.59 Å². The van der Waals surface area contributed by atoms with E-state index < -0.39 is 22.8 Å². The molecule has 1 atom stereocenters. The Bertz CT molecular complexity index is 362. The van der Waals surface area contributed by atoms with Crippen LogP contribution in [0.3, 0.4) is 0 Å². The van der Waals surface area contributed by atoms with Crippen LogP contribution in [0.1, 0.15) is 54.9 Å². The van der Waals surface area contributed by atoms with Crippen LogP contribution in [-0.4, -0.2) is 29.1 Å². The highest BCUT2D eigenvalue weighted by molar-refractivity contribution is 5.83. The molecule has 0 aliphatic heterocycles. The molecule has 0 aliphatic carbocycles. The fraction of sp³-hybridized carbons (Fsp3) is 0.867. The fourth-order valence-electron chi connectivity index (χ4n) is 1.72. The number of carbonyl (C=O) groups excluding carboxylic acids is 1. The topological polar surface area (TPSA) is 92.4 Å². The quantitative estimate of drug-likeness (QED) is 0.696. The molecule has 5 heteroatoms. The van der Waals surface area contributed by atoms with Crippen molar-refractivity contribution in [1.82, 2.24) is 5.32 Å². The zero-order valence-corrected chi connectivity index (χ0v) is 13.8. The van der Waals surface area contributed by atoms with E-state index in [4.69, 9.17) is 5.73 Å². The number of nitrogens with two attached hydrogens (primary N) is 1. The minimum Gasteiger partial charge on any atom is -0.481 e. The molecule has 4 N–H and O–H groups in total. The number of nitrogens with one attached hydrogen (secondary N) is 1. The number of carbonyl (C=O) groups is 2. The first kappa shape index (κ1) is 18.9. The second kappa shape index (κ2) is 6.12. The Morgan fingerprint density at radius 2 is 1.55 bits per heavy atom. The molecule has 0 aromatic heterocycles. The second-order valence-corrected chi connectivity index (χ2v) is 7.86. The third-order valence-corrected chi connectivity index (χ3v) is 3.90. The summed E-state index contributed by atoms with van der Waals surface area (Å²) in [7, 11) is 0. The summed E-state index contributed by atoms with van der Waals surface area (Å²) in [5, 5.41) is 12.0. The molecule has 118 valence electrons. The Morgan fingerprint density at radius 1 is 1.10 bits per heavy atom. The largest absolute Gasteiger partial charge is 0.481 e. The standard InChI is InChI=1S/C15H30N2O3/c1-13(2,3)8-10(11(18)19)9-17-12(20)14(4,5)15(6,7)16/h10H,8-9,16H2,1-7H3,(H,17,20)(H,18,19). The van der Waals surface area contributed by atoms with Crippen LogP contribution in [0.2, 0.25) is 0 Å². The smallest absolute Gasteiger partial charge is 0.308 e. The molecule has 0 radical (unpaired) electrons. The average molecular weight is 286 g/mol. The Kier molecular flexibility index (Phi) is 5.78. The normalized spacial score (nSPS) is 14.8. The number of hydrogen-bond acceptors (Lipinski definition) is 3. The first-order valence-electron chi connectivity index (χ1n) is 6.98. The predicted octanol–water partition coefficient (Wildman–Crippen LogP) is 2.00. The van der Waals surface area contributed by atoms with Crippen molar-refractivity contribution in [3.05, 3.63) is 0 Å². The zero-order chi connectivity index (χ0) is 16.4.